The smallest absolute Gasteiger partial charge is 0.351 e. The minimum absolute atomic E-state index is 0.0924. The number of fused-ring (bicyclic) bond motifs is 1. The van der Waals surface area contributed by atoms with Crippen molar-refractivity contribution < 1.29 is 17.9 Å². The largest absolute Gasteiger partial charge is 0.465 e. The van der Waals surface area contributed by atoms with E-state index in [1.54, 1.807) is 23.1 Å². The molecule has 0 amide bonds. The average Bonchev–Trinajstić information content (AvgIpc) is 2.61. The van der Waals surface area contributed by atoms with Gasteiger partial charge in [0, 0.05) is 11.9 Å². The molecule has 0 N–H and O–H groups in total. The first-order valence-electron chi connectivity index (χ1n) is 7.51. The molecule has 6 heteroatoms. The number of carbonyl (C=O) groups excluding carboxylic acids is 1. The zero-order valence-corrected chi connectivity index (χ0v) is 14.2. The summed E-state index contributed by atoms with van der Waals surface area (Å²) >= 11 is 0. The number of anilines is 2. The quantitative estimate of drug-likeness (QED) is 0.801. The van der Waals surface area contributed by atoms with Crippen LogP contribution in [0, 0.1) is 0 Å². The predicted octanol–water partition coefficient (Wildman–Crippen LogP) is 3.19. The molecule has 2 aromatic carbocycles. The van der Waals surface area contributed by atoms with Crippen LogP contribution < -0.4 is 4.90 Å². The number of benzene rings is 2. The van der Waals surface area contributed by atoms with Gasteiger partial charge in [-0.15, -0.1) is 0 Å². The zero-order valence-electron chi connectivity index (χ0n) is 13.4. The molecule has 1 heterocycles. The Morgan fingerprint density at radius 2 is 1.88 bits per heavy atom. The molecule has 0 unspecified atom stereocenters. The third-order valence-electron chi connectivity index (χ3n) is 3.93. The van der Waals surface area contributed by atoms with E-state index in [9.17, 15) is 13.2 Å². The van der Waals surface area contributed by atoms with Crippen LogP contribution in [0.2, 0.25) is 0 Å². The van der Waals surface area contributed by atoms with Crippen LogP contribution in [0.5, 0.6) is 0 Å². The van der Waals surface area contributed by atoms with Crippen molar-refractivity contribution in [3.05, 3.63) is 65.2 Å². The van der Waals surface area contributed by atoms with Crippen molar-refractivity contribution in [2.75, 3.05) is 12.0 Å². The number of methoxy groups -OCH3 is 1. The van der Waals surface area contributed by atoms with E-state index in [2.05, 4.69) is 4.74 Å². The van der Waals surface area contributed by atoms with Gasteiger partial charge in [0.25, 0.3) is 0 Å². The van der Waals surface area contributed by atoms with E-state index in [0.717, 1.165) is 17.7 Å². The molecule has 3 rings (SSSR count). The fourth-order valence-electron chi connectivity index (χ4n) is 2.66. The summed E-state index contributed by atoms with van der Waals surface area (Å²) in [6, 6.07) is 14.4. The Balaban J connectivity index is 2.25. The molecule has 0 saturated heterocycles. The van der Waals surface area contributed by atoms with Gasteiger partial charge in [-0.2, -0.15) is 0 Å². The number of carbonyl (C=O) groups is 1. The Labute approximate surface area is 141 Å². The lowest BCUT2D eigenvalue weighted by Gasteiger charge is -2.28. The monoisotopic (exact) mass is 343 g/mol. The summed E-state index contributed by atoms with van der Waals surface area (Å²) in [7, 11) is -2.74. The second-order valence-corrected chi connectivity index (χ2v) is 7.24. The average molecular weight is 343 g/mol. The van der Waals surface area contributed by atoms with Gasteiger partial charge in [0.1, 0.15) is 0 Å². The van der Waals surface area contributed by atoms with Gasteiger partial charge in [-0.3, -0.25) is 0 Å². The molecule has 0 aliphatic carbocycles. The van der Waals surface area contributed by atoms with Crippen molar-refractivity contribution in [2.24, 2.45) is 0 Å². The topological polar surface area (TPSA) is 63.7 Å². The van der Waals surface area contributed by atoms with Crippen molar-refractivity contribution in [1.29, 1.82) is 0 Å². The lowest BCUT2D eigenvalue weighted by molar-refractivity contribution is -0.135. The number of sulfone groups is 1. The summed E-state index contributed by atoms with van der Waals surface area (Å²) in [6.45, 7) is 2.05. The number of para-hydroxylation sites is 1. The third kappa shape index (κ3) is 2.59. The van der Waals surface area contributed by atoms with Gasteiger partial charge >= 0.3 is 5.97 Å². The summed E-state index contributed by atoms with van der Waals surface area (Å²) in [6.07, 6.45) is 2.19. The highest BCUT2D eigenvalue weighted by Crippen LogP contribution is 2.39. The highest BCUT2D eigenvalue weighted by Gasteiger charge is 2.36. The molecule has 0 aromatic heterocycles. The van der Waals surface area contributed by atoms with Crippen molar-refractivity contribution >= 4 is 27.2 Å². The third-order valence-corrected chi connectivity index (χ3v) is 5.71. The fraction of sp³-hybridized carbons (Fsp3) is 0.167. The summed E-state index contributed by atoms with van der Waals surface area (Å²) in [5.41, 5.74) is 2.42. The normalized spacial score (nSPS) is 15.4. The zero-order chi connectivity index (χ0) is 17.3. The molecule has 5 nitrogen and oxygen atoms in total. The first-order chi connectivity index (χ1) is 11.5. The van der Waals surface area contributed by atoms with Gasteiger partial charge in [-0.1, -0.05) is 31.2 Å². The highest BCUT2D eigenvalue weighted by molar-refractivity contribution is 7.96. The Morgan fingerprint density at radius 1 is 1.12 bits per heavy atom. The van der Waals surface area contributed by atoms with E-state index < -0.39 is 15.8 Å². The molecule has 124 valence electrons. The maximum absolute atomic E-state index is 12.7. The number of hydrogen-bond acceptors (Lipinski definition) is 5. The molecule has 0 bridgehead atoms. The SMILES string of the molecule is CCc1cccc(N2C=C(C(=O)OC)S(=O)(=O)c3ccccc32)c1. The lowest BCUT2D eigenvalue weighted by atomic mass is 10.1. The standard InChI is InChI=1S/C18H17NO4S/c1-3-13-7-6-8-14(11-13)19-12-17(18(20)23-2)24(21,22)16-10-5-4-9-15(16)19/h4-12H,3H2,1-2H3. The molecular weight excluding hydrogens is 326 g/mol. The van der Waals surface area contributed by atoms with E-state index in [1.165, 1.54) is 19.4 Å². The Morgan fingerprint density at radius 3 is 2.58 bits per heavy atom. The number of ether oxygens (including phenoxy) is 1. The second kappa shape index (κ2) is 6.13. The molecule has 24 heavy (non-hydrogen) atoms. The van der Waals surface area contributed by atoms with E-state index in [0.29, 0.717) is 5.69 Å². The molecule has 1 aliphatic rings. The molecular formula is C18H17NO4S. The van der Waals surface area contributed by atoms with Crippen LogP contribution in [0.1, 0.15) is 12.5 Å². The van der Waals surface area contributed by atoms with E-state index in [4.69, 9.17) is 0 Å². The van der Waals surface area contributed by atoms with Crippen molar-refractivity contribution in [3.63, 3.8) is 0 Å². The van der Waals surface area contributed by atoms with E-state index >= 15 is 0 Å². The highest BCUT2D eigenvalue weighted by atomic mass is 32.2. The minimum Gasteiger partial charge on any atom is -0.465 e. The Bertz CT molecular complexity index is 932. The first kappa shape index (κ1) is 16.3. The van der Waals surface area contributed by atoms with Crippen LogP contribution >= 0.6 is 0 Å². The van der Waals surface area contributed by atoms with Crippen LogP contribution in [0.25, 0.3) is 0 Å². The molecule has 0 atom stereocenters. The molecule has 0 radical (unpaired) electrons. The molecule has 0 fully saturated rings. The van der Waals surface area contributed by atoms with Gasteiger partial charge in [0.05, 0.1) is 17.7 Å². The predicted molar refractivity (Wildman–Crippen MR) is 91.7 cm³/mol. The summed E-state index contributed by atoms with van der Waals surface area (Å²) in [4.78, 5) is 13.4. The maximum atomic E-state index is 12.7. The Kier molecular flexibility index (Phi) is 4.15. The van der Waals surface area contributed by atoms with Crippen LogP contribution in [0.3, 0.4) is 0 Å². The first-order valence-corrected chi connectivity index (χ1v) is 8.99. The lowest BCUT2D eigenvalue weighted by Crippen LogP contribution is -2.26. The maximum Gasteiger partial charge on any atom is 0.351 e. The number of nitrogens with zero attached hydrogens (tertiary/aromatic N) is 1. The van der Waals surface area contributed by atoms with Gasteiger partial charge in [-0.25, -0.2) is 13.2 Å². The second-order valence-electron chi connectivity index (χ2n) is 5.35. The van der Waals surface area contributed by atoms with Crippen LogP contribution in [0.4, 0.5) is 11.4 Å². The summed E-state index contributed by atoms with van der Waals surface area (Å²) in [5, 5.41) is 0. The van der Waals surface area contributed by atoms with Gasteiger partial charge in [0.2, 0.25) is 9.84 Å². The number of rotatable bonds is 3. The summed E-state index contributed by atoms with van der Waals surface area (Å²) in [5.74, 6) is -0.874. The van der Waals surface area contributed by atoms with Crippen LogP contribution in [-0.2, 0) is 25.8 Å². The number of hydrogen-bond donors (Lipinski definition) is 0. The van der Waals surface area contributed by atoms with Gasteiger partial charge < -0.3 is 9.64 Å². The minimum atomic E-state index is -3.91. The van der Waals surface area contributed by atoms with Crippen LogP contribution in [-0.4, -0.2) is 21.5 Å². The molecule has 1 aliphatic heterocycles. The van der Waals surface area contributed by atoms with Gasteiger partial charge in [0.15, 0.2) is 4.91 Å². The van der Waals surface area contributed by atoms with Crippen molar-refractivity contribution in [3.8, 4) is 0 Å². The van der Waals surface area contributed by atoms with E-state index in [-0.39, 0.29) is 9.80 Å². The van der Waals surface area contributed by atoms with E-state index in [1.807, 2.05) is 31.2 Å². The molecule has 0 spiro atoms. The number of aryl methyl sites for hydroxylation is 1. The van der Waals surface area contributed by atoms with Gasteiger partial charge in [-0.05, 0) is 36.2 Å². The summed E-state index contributed by atoms with van der Waals surface area (Å²) < 4.78 is 30.1. The van der Waals surface area contributed by atoms with Crippen molar-refractivity contribution in [2.45, 2.75) is 18.2 Å². The van der Waals surface area contributed by atoms with Crippen LogP contribution in [0.15, 0.2) is 64.5 Å². The number of esters is 1. The Hall–Kier alpha value is -2.60. The molecule has 0 saturated carbocycles. The molecule has 2 aromatic rings. The van der Waals surface area contributed by atoms with Crippen molar-refractivity contribution in [1.82, 2.24) is 0 Å². The fourth-order valence-corrected chi connectivity index (χ4v) is 4.14.